The van der Waals surface area contributed by atoms with Crippen LogP contribution in [0.3, 0.4) is 0 Å². The fraction of sp³-hybridized carbons (Fsp3) is 0.500. The van der Waals surface area contributed by atoms with Gasteiger partial charge in [0.25, 0.3) is 11.5 Å². The summed E-state index contributed by atoms with van der Waals surface area (Å²) in [5.41, 5.74) is -0.268. The number of rotatable bonds is 2. The molecule has 2 heterocycles. The second-order valence-corrected chi connectivity index (χ2v) is 4.35. The van der Waals surface area contributed by atoms with Crippen LogP contribution >= 0.6 is 0 Å². The summed E-state index contributed by atoms with van der Waals surface area (Å²) in [5, 5.41) is 12.3. The third-order valence-corrected chi connectivity index (χ3v) is 3.01. The van der Waals surface area contributed by atoms with Crippen molar-refractivity contribution in [3.8, 4) is 0 Å². The highest BCUT2D eigenvalue weighted by Crippen LogP contribution is 2.08. The van der Waals surface area contributed by atoms with Crippen LogP contribution < -0.4 is 10.9 Å². The van der Waals surface area contributed by atoms with E-state index in [1.54, 1.807) is 19.3 Å². The fourth-order valence-corrected chi connectivity index (χ4v) is 1.91. The van der Waals surface area contributed by atoms with Gasteiger partial charge in [-0.25, -0.2) is 0 Å². The summed E-state index contributed by atoms with van der Waals surface area (Å²) in [5.74, 6) is -0.456. The fourth-order valence-electron chi connectivity index (χ4n) is 1.91. The highest BCUT2D eigenvalue weighted by molar-refractivity contribution is 5.94. The van der Waals surface area contributed by atoms with Gasteiger partial charge in [-0.15, -0.1) is 0 Å². The van der Waals surface area contributed by atoms with E-state index in [9.17, 15) is 14.7 Å². The average Bonchev–Trinajstić information content (AvgIpc) is 2.35. The van der Waals surface area contributed by atoms with Crippen LogP contribution in [-0.2, 0) is 11.8 Å². The molecule has 18 heavy (non-hydrogen) atoms. The summed E-state index contributed by atoms with van der Waals surface area (Å²) < 4.78 is 6.42. The molecule has 6 nitrogen and oxygen atoms in total. The quantitative estimate of drug-likeness (QED) is 0.727. The molecule has 1 fully saturated rings. The van der Waals surface area contributed by atoms with Crippen LogP contribution in [0.4, 0.5) is 0 Å². The zero-order chi connectivity index (χ0) is 13.1. The van der Waals surface area contributed by atoms with Gasteiger partial charge in [0.1, 0.15) is 5.56 Å². The summed E-state index contributed by atoms with van der Waals surface area (Å²) in [6, 6.07) is 2.75. The van der Waals surface area contributed by atoms with Crippen LogP contribution in [0.5, 0.6) is 0 Å². The monoisotopic (exact) mass is 252 g/mol. The summed E-state index contributed by atoms with van der Waals surface area (Å²) >= 11 is 0. The summed E-state index contributed by atoms with van der Waals surface area (Å²) in [6.07, 6.45) is 1.40. The molecular weight excluding hydrogens is 236 g/mol. The SMILES string of the molecule is Cn1cccc(C(=O)N[C@H]2CCOC[C@@H]2O)c1=O. The number of aliphatic hydroxyl groups excluding tert-OH is 1. The molecule has 0 bridgehead atoms. The first kappa shape index (κ1) is 12.8. The van der Waals surface area contributed by atoms with Gasteiger partial charge in [0, 0.05) is 19.9 Å². The van der Waals surface area contributed by atoms with Crippen molar-refractivity contribution in [3.63, 3.8) is 0 Å². The minimum Gasteiger partial charge on any atom is -0.389 e. The highest BCUT2D eigenvalue weighted by Gasteiger charge is 2.26. The topological polar surface area (TPSA) is 80.6 Å². The van der Waals surface area contributed by atoms with E-state index in [2.05, 4.69) is 5.32 Å². The Kier molecular flexibility index (Phi) is 3.78. The predicted molar refractivity (Wildman–Crippen MR) is 64.4 cm³/mol. The molecular formula is C12H16N2O4. The van der Waals surface area contributed by atoms with Crippen molar-refractivity contribution in [2.24, 2.45) is 7.05 Å². The smallest absolute Gasteiger partial charge is 0.263 e. The van der Waals surface area contributed by atoms with Crippen LogP contribution in [0.2, 0.25) is 0 Å². The molecule has 2 N–H and O–H groups in total. The maximum Gasteiger partial charge on any atom is 0.263 e. The lowest BCUT2D eigenvalue weighted by Crippen LogP contribution is -2.49. The van der Waals surface area contributed by atoms with Crippen LogP contribution in [0, 0.1) is 0 Å². The van der Waals surface area contributed by atoms with Crippen molar-refractivity contribution in [3.05, 3.63) is 34.2 Å². The molecule has 1 amide bonds. The van der Waals surface area contributed by atoms with Crippen LogP contribution in [0.15, 0.2) is 23.1 Å². The van der Waals surface area contributed by atoms with Crippen LogP contribution in [0.25, 0.3) is 0 Å². The number of aromatic nitrogens is 1. The summed E-state index contributed by atoms with van der Waals surface area (Å²) in [6.45, 7) is 0.701. The minimum absolute atomic E-state index is 0.0821. The summed E-state index contributed by atoms with van der Waals surface area (Å²) in [7, 11) is 1.59. The van der Waals surface area contributed by atoms with Gasteiger partial charge in [0.15, 0.2) is 0 Å². The Morgan fingerprint density at radius 1 is 1.61 bits per heavy atom. The van der Waals surface area contributed by atoms with Gasteiger partial charge in [-0.2, -0.15) is 0 Å². The van der Waals surface area contributed by atoms with Crippen LogP contribution in [0.1, 0.15) is 16.8 Å². The highest BCUT2D eigenvalue weighted by atomic mass is 16.5. The number of pyridine rings is 1. The Labute approximate surface area is 104 Å². The predicted octanol–water partition coefficient (Wildman–Crippen LogP) is -0.735. The maximum absolute atomic E-state index is 12.0. The molecule has 1 aromatic heterocycles. The molecule has 1 aliphatic rings. The molecule has 2 rings (SSSR count). The van der Waals surface area contributed by atoms with Crippen molar-refractivity contribution in [2.45, 2.75) is 18.6 Å². The Morgan fingerprint density at radius 3 is 3.11 bits per heavy atom. The second kappa shape index (κ2) is 5.32. The molecule has 98 valence electrons. The normalized spacial score (nSPS) is 23.7. The third kappa shape index (κ3) is 2.60. The first-order valence-corrected chi connectivity index (χ1v) is 5.82. The van der Waals surface area contributed by atoms with E-state index >= 15 is 0 Å². The van der Waals surface area contributed by atoms with E-state index in [1.807, 2.05) is 0 Å². The second-order valence-electron chi connectivity index (χ2n) is 4.35. The number of aryl methyl sites for hydroxylation is 1. The maximum atomic E-state index is 12.0. The Morgan fingerprint density at radius 2 is 2.39 bits per heavy atom. The molecule has 0 spiro atoms. The first-order chi connectivity index (χ1) is 8.59. The first-order valence-electron chi connectivity index (χ1n) is 5.82. The van der Waals surface area contributed by atoms with Crippen molar-refractivity contribution in [2.75, 3.05) is 13.2 Å². The number of carbonyl (C=O) groups is 1. The molecule has 0 unspecified atom stereocenters. The molecule has 1 aromatic rings. The van der Waals surface area contributed by atoms with Gasteiger partial charge in [0.05, 0.1) is 18.8 Å². The molecule has 1 aliphatic heterocycles. The Bertz CT molecular complexity index is 497. The molecule has 1 saturated heterocycles. The molecule has 0 aliphatic carbocycles. The molecule has 6 heteroatoms. The van der Waals surface area contributed by atoms with Gasteiger partial charge in [-0.1, -0.05) is 0 Å². The van der Waals surface area contributed by atoms with Crippen molar-refractivity contribution in [1.29, 1.82) is 0 Å². The lowest BCUT2D eigenvalue weighted by molar-refractivity contribution is -0.0261. The average molecular weight is 252 g/mol. The van der Waals surface area contributed by atoms with Gasteiger partial charge in [0.2, 0.25) is 0 Å². The third-order valence-electron chi connectivity index (χ3n) is 3.01. The van der Waals surface area contributed by atoms with E-state index in [4.69, 9.17) is 4.74 Å². The van der Waals surface area contributed by atoms with Gasteiger partial charge < -0.3 is 19.7 Å². The zero-order valence-corrected chi connectivity index (χ0v) is 10.1. The van der Waals surface area contributed by atoms with Gasteiger partial charge in [-0.3, -0.25) is 9.59 Å². The lowest BCUT2D eigenvalue weighted by Gasteiger charge is -2.28. The van der Waals surface area contributed by atoms with Crippen molar-refractivity contribution >= 4 is 5.91 Å². The number of ether oxygens (including phenoxy) is 1. The molecule has 0 radical (unpaired) electrons. The van der Waals surface area contributed by atoms with Crippen molar-refractivity contribution < 1.29 is 14.6 Å². The Balaban J connectivity index is 2.12. The van der Waals surface area contributed by atoms with E-state index in [0.717, 1.165) is 0 Å². The van der Waals surface area contributed by atoms with Gasteiger partial charge >= 0.3 is 0 Å². The Hall–Kier alpha value is -1.66. The minimum atomic E-state index is -0.727. The van der Waals surface area contributed by atoms with E-state index in [-0.39, 0.29) is 23.8 Å². The van der Waals surface area contributed by atoms with E-state index in [1.165, 1.54) is 10.6 Å². The van der Waals surface area contributed by atoms with Gasteiger partial charge in [-0.05, 0) is 18.6 Å². The number of carbonyl (C=O) groups excluding carboxylic acids is 1. The molecule has 0 aromatic carbocycles. The molecule has 0 saturated carbocycles. The zero-order valence-electron chi connectivity index (χ0n) is 10.1. The number of nitrogens with one attached hydrogen (secondary N) is 1. The number of nitrogens with zero attached hydrogens (tertiary/aromatic N) is 1. The standard InChI is InChI=1S/C12H16N2O4/c1-14-5-2-3-8(12(14)17)11(16)13-9-4-6-18-7-10(9)15/h2-3,5,9-10,15H,4,6-7H2,1H3,(H,13,16)/t9-,10-/m0/s1. The number of aliphatic hydroxyl groups is 1. The summed E-state index contributed by atoms with van der Waals surface area (Å²) in [4.78, 5) is 23.7. The molecule has 2 atom stereocenters. The number of hydrogen-bond donors (Lipinski definition) is 2. The van der Waals surface area contributed by atoms with E-state index < -0.39 is 12.0 Å². The number of hydrogen-bond acceptors (Lipinski definition) is 4. The van der Waals surface area contributed by atoms with E-state index in [0.29, 0.717) is 13.0 Å². The van der Waals surface area contributed by atoms with Crippen LogP contribution in [-0.4, -0.2) is 40.9 Å². The van der Waals surface area contributed by atoms with Crippen molar-refractivity contribution in [1.82, 2.24) is 9.88 Å². The largest absolute Gasteiger partial charge is 0.389 e. The lowest BCUT2D eigenvalue weighted by atomic mass is 10.1. The number of amides is 1.